The van der Waals surface area contributed by atoms with Gasteiger partial charge in [-0.05, 0) is 70.2 Å². The molecule has 1 heterocycles. The van der Waals surface area contributed by atoms with Crippen molar-refractivity contribution in [3.8, 4) is 5.75 Å². The number of benzene rings is 4. The summed E-state index contributed by atoms with van der Waals surface area (Å²) in [6.07, 6.45) is -1.77. The van der Waals surface area contributed by atoms with Crippen LogP contribution in [-0.4, -0.2) is 35.7 Å². The number of rotatable bonds is 15. The van der Waals surface area contributed by atoms with Gasteiger partial charge in [-0.1, -0.05) is 71.9 Å². The first-order valence-corrected chi connectivity index (χ1v) is 15.9. The van der Waals surface area contributed by atoms with Gasteiger partial charge in [0.25, 0.3) is 5.91 Å². The number of nitrogens with zero attached hydrogens (tertiary/aromatic N) is 4. The third-order valence-corrected chi connectivity index (χ3v) is 7.99. The first-order chi connectivity index (χ1) is 24.6. The summed E-state index contributed by atoms with van der Waals surface area (Å²) < 4.78 is 66.3. The van der Waals surface area contributed by atoms with Gasteiger partial charge in [0, 0.05) is 36.5 Å². The zero-order valence-corrected chi connectivity index (χ0v) is 27.2. The van der Waals surface area contributed by atoms with Gasteiger partial charge in [-0.3, -0.25) is 10.2 Å². The average molecular weight is 703 g/mol. The van der Waals surface area contributed by atoms with Crippen molar-refractivity contribution in [2.75, 3.05) is 13.2 Å². The molecule has 5 rings (SSSR count). The van der Waals surface area contributed by atoms with Gasteiger partial charge in [-0.2, -0.15) is 13.2 Å². The maximum atomic E-state index is 14.4. The number of hydrogen-bond donors (Lipinski definition) is 3. The Morgan fingerprint density at radius 1 is 1.06 bits per heavy atom. The highest BCUT2D eigenvalue weighted by molar-refractivity contribution is 6.01. The maximum Gasteiger partial charge on any atom is 0.416 e. The summed E-state index contributed by atoms with van der Waals surface area (Å²) in [5.74, 6) is -1.08. The second-order valence-corrected chi connectivity index (χ2v) is 11.5. The molecule has 4 aromatic rings. The molecule has 14 heteroatoms. The number of nitrogens with one attached hydrogen (secondary N) is 2. The summed E-state index contributed by atoms with van der Waals surface area (Å²) >= 11 is 0. The Bertz CT molecular complexity index is 1910. The van der Waals surface area contributed by atoms with Crippen molar-refractivity contribution in [3.05, 3.63) is 153 Å². The van der Waals surface area contributed by atoms with E-state index in [2.05, 4.69) is 20.9 Å². The summed E-state index contributed by atoms with van der Waals surface area (Å²) in [6.45, 7) is -0.0805. The average Bonchev–Trinajstić information content (AvgIpc) is 3.51. The van der Waals surface area contributed by atoms with Gasteiger partial charge >= 0.3 is 6.18 Å². The van der Waals surface area contributed by atoms with Gasteiger partial charge in [-0.15, -0.1) is 0 Å². The Balaban J connectivity index is 1.54. The quantitative estimate of drug-likeness (QED) is 0.0292. The molecular weight excluding hydrogens is 668 g/mol. The van der Waals surface area contributed by atoms with Gasteiger partial charge in [0.1, 0.15) is 11.6 Å². The molecule has 264 valence electrons. The Labute approximate surface area is 291 Å². The van der Waals surface area contributed by atoms with Crippen LogP contribution in [0.15, 0.2) is 113 Å². The van der Waals surface area contributed by atoms with Crippen molar-refractivity contribution in [2.24, 2.45) is 10.1 Å². The van der Waals surface area contributed by atoms with Crippen LogP contribution in [0.1, 0.15) is 52.3 Å². The number of hydrogen-bond acceptors (Lipinski definition) is 7. The van der Waals surface area contributed by atoms with E-state index in [1.807, 2.05) is 36.4 Å². The van der Waals surface area contributed by atoms with E-state index in [4.69, 9.17) is 25.1 Å². The second-order valence-electron chi connectivity index (χ2n) is 11.5. The van der Waals surface area contributed by atoms with Crippen LogP contribution in [0.2, 0.25) is 0 Å². The molecule has 4 aromatic carbocycles. The lowest BCUT2D eigenvalue weighted by atomic mass is 9.82. The van der Waals surface area contributed by atoms with Gasteiger partial charge in [-0.25, -0.2) is 14.8 Å². The molecule has 0 spiro atoms. The lowest BCUT2D eigenvalue weighted by Crippen LogP contribution is -2.52. The molecule has 0 radical (unpaired) electrons. The van der Waals surface area contributed by atoms with Crippen LogP contribution in [0.25, 0.3) is 16.5 Å². The number of halogens is 4. The minimum Gasteiger partial charge on any atom is -0.494 e. The van der Waals surface area contributed by atoms with Crippen LogP contribution >= 0.6 is 0 Å². The number of carbonyl (C=O) groups is 1. The third-order valence-electron chi connectivity index (χ3n) is 7.99. The van der Waals surface area contributed by atoms with E-state index >= 15 is 0 Å². The van der Waals surface area contributed by atoms with E-state index in [0.717, 1.165) is 17.7 Å². The molecule has 51 heavy (non-hydrogen) atoms. The van der Waals surface area contributed by atoms with Crippen molar-refractivity contribution < 1.29 is 36.9 Å². The molecule has 1 aliphatic heterocycles. The van der Waals surface area contributed by atoms with E-state index in [9.17, 15) is 22.4 Å². The fraction of sp³-hybridized carbons (Fsp3) is 0.243. The highest BCUT2D eigenvalue weighted by Crippen LogP contribution is 2.44. The first kappa shape index (κ1) is 36.6. The van der Waals surface area contributed by atoms with Gasteiger partial charge in [0.2, 0.25) is 5.90 Å². The Morgan fingerprint density at radius 3 is 2.53 bits per heavy atom. The molecule has 10 nitrogen and oxygen atoms in total. The molecule has 0 saturated heterocycles. The first-order valence-electron chi connectivity index (χ1n) is 15.9. The molecule has 0 aromatic heterocycles. The zero-order valence-electron chi connectivity index (χ0n) is 27.2. The van der Waals surface area contributed by atoms with Crippen LogP contribution < -0.4 is 15.6 Å². The van der Waals surface area contributed by atoms with E-state index in [0.29, 0.717) is 41.5 Å². The fourth-order valence-corrected chi connectivity index (χ4v) is 5.52. The minimum absolute atomic E-state index is 0.0000319. The normalized spacial score (nSPS) is 17.0. The van der Waals surface area contributed by atoms with Crippen molar-refractivity contribution in [1.82, 2.24) is 10.9 Å². The predicted molar refractivity (Wildman–Crippen MR) is 183 cm³/mol. The molecule has 3 N–H and O–H groups in total. The van der Waals surface area contributed by atoms with Crippen molar-refractivity contribution >= 4 is 17.9 Å². The van der Waals surface area contributed by atoms with Crippen molar-refractivity contribution in [2.45, 2.75) is 43.8 Å². The van der Waals surface area contributed by atoms with E-state index < -0.39 is 35.1 Å². The number of alkyl halides is 3. The summed E-state index contributed by atoms with van der Waals surface area (Å²) in [5, 5.41) is 12.8. The number of aliphatic imine (C=N–C) groups is 1. The summed E-state index contributed by atoms with van der Waals surface area (Å²) in [5.41, 5.74) is 13.9. The van der Waals surface area contributed by atoms with Gasteiger partial charge < -0.3 is 14.6 Å². The fourth-order valence-electron chi connectivity index (χ4n) is 5.52. The molecule has 1 aliphatic rings. The van der Waals surface area contributed by atoms with Crippen molar-refractivity contribution in [3.63, 3.8) is 0 Å². The number of amides is 1. The van der Waals surface area contributed by atoms with Gasteiger partial charge in [0.05, 0.1) is 18.7 Å². The van der Waals surface area contributed by atoms with E-state index in [1.54, 1.807) is 54.6 Å². The number of hydrazine groups is 1. The standard InChI is InChI=1S/C37H34F4N6O4/c38-30-21-26(20-29(22-30)37(39,40)41)23-43-46-35(49)36(17-6-10-25-8-2-1-3-9-25)33(32-12-5-4-11-28(32)24-44-47-42)51-34(45-36)27-13-15-31(16-14-27)50-19-7-18-48/h1-6,8-16,20-22,33,43,48H,7,17-19,23-24H2,(H,46,49)/b10-6+/t33-,36-/m0/s1. The third kappa shape index (κ3) is 9.31. The van der Waals surface area contributed by atoms with Crippen LogP contribution in [0.3, 0.4) is 0 Å². The molecule has 0 saturated carbocycles. The number of aliphatic hydroxyl groups is 1. The monoisotopic (exact) mass is 702 g/mol. The SMILES string of the molecule is [N-]=[N+]=NCc1ccccc1[C@@H]1OC(c2ccc(OCCCO)cc2)=N[C@]1(C/C=C/c1ccccc1)C(=O)NNCc1cc(F)cc(C(F)(F)F)c1. The Kier molecular flexibility index (Phi) is 12.1. The highest BCUT2D eigenvalue weighted by Gasteiger charge is 2.53. The number of azide groups is 1. The summed E-state index contributed by atoms with van der Waals surface area (Å²) in [6, 6.07) is 25.3. The Hall–Kier alpha value is -5.69. The summed E-state index contributed by atoms with van der Waals surface area (Å²) in [7, 11) is 0. The molecule has 0 bridgehead atoms. The summed E-state index contributed by atoms with van der Waals surface area (Å²) in [4.78, 5) is 22.2. The van der Waals surface area contributed by atoms with Gasteiger partial charge in [0.15, 0.2) is 11.6 Å². The molecular formula is C37H34F4N6O4. The largest absolute Gasteiger partial charge is 0.494 e. The zero-order chi connectivity index (χ0) is 36.3. The Morgan fingerprint density at radius 2 is 1.80 bits per heavy atom. The molecule has 0 aliphatic carbocycles. The van der Waals surface area contributed by atoms with Crippen LogP contribution in [-0.2, 0) is 28.8 Å². The topological polar surface area (TPSA) is 141 Å². The number of carbonyl (C=O) groups excluding carboxylic acids is 1. The molecule has 0 fully saturated rings. The number of aliphatic hydroxyl groups excluding tert-OH is 1. The predicted octanol–water partition coefficient (Wildman–Crippen LogP) is 7.60. The lowest BCUT2D eigenvalue weighted by Gasteiger charge is -2.31. The van der Waals surface area contributed by atoms with E-state index in [1.165, 1.54) is 0 Å². The van der Waals surface area contributed by atoms with E-state index in [-0.39, 0.29) is 37.6 Å². The number of ether oxygens (including phenoxy) is 2. The minimum atomic E-state index is -4.76. The smallest absolute Gasteiger partial charge is 0.416 e. The molecule has 1 amide bonds. The van der Waals surface area contributed by atoms with Crippen LogP contribution in [0.5, 0.6) is 5.75 Å². The molecule has 2 atom stereocenters. The van der Waals surface area contributed by atoms with Crippen molar-refractivity contribution in [1.29, 1.82) is 0 Å². The van der Waals surface area contributed by atoms with Crippen LogP contribution in [0, 0.1) is 5.82 Å². The highest BCUT2D eigenvalue weighted by atomic mass is 19.4. The lowest BCUT2D eigenvalue weighted by molar-refractivity contribution is -0.138. The van der Waals surface area contributed by atoms with Crippen LogP contribution in [0.4, 0.5) is 17.6 Å². The molecule has 0 unspecified atom stereocenters. The second kappa shape index (κ2) is 16.8. The maximum absolute atomic E-state index is 14.4.